The predicted octanol–water partition coefficient (Wildman–Crippen LogP) is 2.72. The Hall–Kier alpha value is -0.940. The lowest BCUT2D eigenvalue weighted by atomic mass is 9.95. The van der Waals surface area contributed by atoms with E-state index in [9.17, 15) is 4.79 Å². The summed E-state index contributed by atoms with van der Waals surface area (Å²) in [6.45, 7) is 0. The number of nitrogens with zero attached hydrogens (tertiary/aromatic N) is 1. The molecule has 0 atom stereocenters. The molecule has 0 spiro atoms. The molecule has 0 bridgehead atoms. The van der Waals surface area contributed by atoms with Gasteiger partial charge in [0.25, 0.3) is 5.91 Å². The van der Waals surface area contributed by atoms with E-state index in [1.165, 1.54) is 12.3 Å². The first-order valence-corrected chi connectivity index (χ1v) is 8.01. The van der Waals surface area contributed by atoms with Crippen LogP contribution in [-0.2, 0) is 0 Å². The van der Waals surface area contributed by atoms with E-state index >= 15 is 0 Å². The van der Waals surface area contributed by atoms with Gasteiger partial charge in [-0.25, -0.2) is 4.98 Å². The molecule has 1 fully saturated rings. The second-order valence-corrected chi connectivity index (χ2v) is 6.32. The number of rotatable bonds is 3. The zero-order valence-corrected chi connectivity index (χ0v) is 12.4. The van der Waals surface area contributed by atoms with Gasteiger partial charge in [0.2, 0.25) is 0 Å². The molecule has 1 aliphatic carbocycles. The second kappa shape index (κ2) is 6.48. The maximum Gasteiger partial charge on any atom is 0.253 e. The van der Waals surface area contributed by atoms with Gasteiger partial charge in [-0.05, 0) is 38.0 Å². The number of carbonyl (C=O) groups is 1. The number of hydrogen-bond acceptors (Lipinski definition) is 4. The van der Waals surface area contributed by atoms with Crippen molar-refractivity contribution >= 4 is 35.1 Å². The summed E-state index contributed by atoms with van der Waals surface area (Å²) in [5.41, 5.74) is 5.99. The van der Waals surface area contributed by atoms with E-state index in [-0.39, 0.29) is 11.9 Å². The van der Waals surface area contributed by atoms with Crippen LogP contribution in [-0.4, -0.2) is 28.4 Å². The quantitative estimate of drug-likeness (QED) is 0.900. The summed E-state index contributed by atoms with van der Waals surface area (Å²) in [6.07, 6.45) is 7.90. The normalized spacial score (nSPS) is 23.1. The van der Waals surface area contributed by atoms with Gasteiger partial charge in [-0.2, -0.15) is 11.8 Å². The summed E-state index contributed by atoms with van der Waals surface area (Å²) in [7, 11) is 0. The van der Waals surface area contributed by atoms with E-state index in [2.05, 4.69) is 16.6 Å². The Kier molecular flexibility index (Phi) is 4.93. The van der Waals surface area contributed by atoms with Crippen molar-refractivity contribution in [1.82, 2.24) is 10.3 Å². The number of amides is 1. The van der Waals surface area contributed by atoms with Crippen molar-refractivity contribution in [3.63, 3.8) is 0 Å². The molecule has 1 heterocycles. The summed E-state index contributed by atoms with van der Waals surface area (Å²) >= 11 is 7.88. The molecule has 3 N–H and O–H groups in total. The van der Waals surface area contributed by atoms with E-state index in [1.807, 2.05) is 11.8 Å². The van der Waals surface area contributed by atoms with Crippen LogP contribution in [0.15, 0.2) is 12.3 Å². The minimum Gasteiger partial charge on any atom is -0.384 e. The first kappa shape index (κ1) is 14.5. The molecule has 0 aromatic carbocycles. The maximum atomic E-state index is 12.2. The highest BCUT2D eigenvalue weighted by Gasteiger charge is 2.23. The van der Waals surface area contributed by atoms with Crippen molar-refractivity contribution in [2.75, 3.05) is 12.0 Å². The van der Waals surface area contributed by atoms with Gasteiger partial charge < -0.3 is 11.1 Å². The number of anilines is 1. The van der Waals surface area contributed by atoms with E-state index in [1.54, 1.807) is 0 Å². The largest absolute Gasteiger partial charge is 0.384 e. The third-order valence-electron chi connectivity index (χ3n) is 3.46. The van der Waals surface area contributed by atoms with Crippen LogP contribution in [0.25, 0.3) is 0 Å². The van der Waals surface area contributed by atoms with Crippen LogP contribution in [0, 0.1) is 0 Å². The number of pyridine rings is 1. The highest BCUT2D eigenvalue weighted by atomic mass is 35.5. The summed E-state index contributed by atoms with van der Waals surface area (Å²) in [6, 6.07) is 1.76. The average molecular weight is 300 g/mol. The van der Waals surface area contributed by atoms with Crippen LogP contribution >= 0.6 is 23.4 Å². The summed E-state index contributed by atoms with van der Waals surface area (Å²) < 4.78 is 0. The molecule has 4 nitrogen and oxygen atoms in total. The van der Waals surface area contributed by atoms with Crippen molar-refractivity contribution in [3.8, 4) is 0 Å². The van der Waals surface area contributed by atoms with E-state index < -0.39 is 0 Å². The maximum absolute atomic E-state index is 12.2. The minimum absolute atomic E-state index is 0.160. The zero-order valence-electron chi connectivity index (χ0n) is 10.9. The molecule has 1 aromatic heterocycles. The number of halogens is 1. The Balaban J connectivity index is 1.96. The van der Waals surface area contributed by atoms with Crippen LogP contribution in [0.1, 0.15) is 36.0 Å². The molecule has 0 unspecified atom stereocenters. The number of nitrogens with one attached hydrogen (secondary N) is 1. The molecule has 1 saturated carbocycles. The minimum atomic E-state index is -0.160. The van der Waals surface area contributed by atoms with Crippen LogP contribution in [0.2, 0.25) is 5.02 Å². The number of nitrogens with two attached hydrogens (primary N) is 1. The van der Waals surface area contributed by atoms with Crippen LogP contribution in [0.3, 0.4) is 0 Å². The number of carbonyl (C=O) groups excluding carboxylic acids is 1. The van der Waals surface area contributed by atoms with E-state index in [4.69, 9.17) is 17.3 Å². The molecule has 2 rings (SSSR count). The summed E-state index contributed by atoms with van der Waals surface area (Å²) in [5.74, 6) is 0.146. The van der Waals surface area contributed by atoms with E-state index in [0.717, 1.165) is 30.9 Å². The smallest absolute Gasteiger partial charge is 0.253 e. The van der Waals surface area contributed by atoms with Gasteiger partial charge in [0.1, 0.15) is 5.82 Å². The van der Waals surface area contributed by atoms with Gasteiger partial charge in [-0.1, -0.05) is 11.6 Å². The van der Waals surface area contributed by atoms with Crippen molar-refractivity contribution in [2.45, 2.75) is 37.0 Å². The molecule has 104 valence electrons. The number of aromatic nitrogens is 1. The lowest BCUT2D eigenvalue weighted by Gasteiger charge is -2.28. The molecule has 1 aliphatic rings. The van der Waals surface area contributed by atoms with Gasteiger partial charge in [-0.3, -0.25) is 4.79 Å². The first-order chi connectivity index (χ1) is 9.10. The molecular formula is C13H18ClN3OS. The average Bonchev–Trinajstić information content (AvgIpc) is 2.42. The van der Waals surface area contributed by atoms with Gasteiger partial charge in [0, 0.05) is 17.5 Å². The Bertz CT molecular complexity index is 461. The topological polar surface area (TPSA) is 68.0 Å². The van der Waals surface area contributed by atoms with Crippen molar-refractivity contribution in [1.29, 1.82) is 0 Å². The highest BCUT2D eigenvalue weighted by molar-refractivity contribution is 7.99. The van der Waals surface area contributed by atoms with Crippen LogP contribution in [0.5, 0.6) is 0 Å². The molecule has 1 aromatic rings. The summed E-state index contributed by atoms with van der Waals surface area (Å²) in [5, 5.41) is 4.10. The molecule has 0 saturated heterocycles. The Morgan fingerprint density at radius 3 is 2.79 bits per heavy atom. The first-order valence-electron chi connectivity index (χ1n) is 6.35. The fraction of sp³-hybridized carbons (Fsp3) is 0.538. The zero-order chi connectivity index (χ0) is 13.8. The molecule has 1 amide bonds. The van der Waals surface area contributed by atoms with Crippen molar-refractivity contribution < 1.29 is 4.79 Å². The molecule has 19 heavy (non-hydrogen) atoms. The highest BCUT2D eigenvalue weighted by Crippen LogP contribution is 2.27. The summed E-state index contributed by atoms with van der Waals surface area (Å²) in [4.78, 5) is 16.0. The van der Waals surface area contributed by atoms with Gasteiger partial charge in [0.15, 0.2) is 0 Å². The lowest BCUT2D eigenvalue weighted by molar-refractivity contribution is 0.0928. The molecule has 0 aliphatic heterocycles. The van der Waals surface area contributed by atoms with Gasteiger partial charge >= 0.3 is 0 Å². The van der Waals surface area contributed by atoms with Gasteiger partial charge in [-0.15, -0.1) is 0 Å². The van der Waals surface area contributed by atoms with Crippen molar-refractivity contribution in [3.05, 3.63) is 22.8 Å². The predicted molar refractivity (Wildman–Crippen MR) is 80.7 cm³/mol. The SMILES string of the molecule is CSC1CCC(NC(=O)c2cc(N)ncc2Cl)CC1. The standard InChI is InChI=1S/C13H18ClN3OS/c1-19-9-4-2-8(3-5-9)17-13(18)10-6-12(15)16-7-11(10)14/h6-9H,2-5H2,1H3,(H2,15,16)(H,17,18). The number of nitrogen functional groups attached to an aromatic ring is 1. The second-order valence-electron chi connectivity index (χ2n) is 4.77. The molecule has 6 heteroatoms. The van der Waals surface area contributed by atoms with Crippen LogP contribution in [0.4, 0.5) is 5.82 Å². The Morgan fingerprint density at radius 2 is 2.16 bits per heavy atom. The lowest BCUT2D eigenvalue weighted by Crippen LogP contribution is -2.38. The number of thioether (sulfide) groups is 1. The Labute approximate surface area is 122 Å². The third kappa shape index (κ3) is 3.76. The fourth-order valence-corrected chi connectivity index (χ4v) is 3.27. The van der Waals surface area contributed by atoms with Crippen LogP contribution < -0.4 is 11.1 Å². The monoisotopic (exact) mass is 299 g/mol. The van der Waals surface area contributed by atoms with E-state index in [0.29, 0.717) is 16.4 Å². The van der Waals surface area contributed by atoms with Crippen molar-refractivity contribution in [2.24, 2.45) is 0 Å². The molecular weight excluding hydrogens is 282 g/mol. The fourth-order valence-electron chi connectivity index (χ4n) is 2.33. The number of hydrogen-bond donors (Lipinski definition) is 2. The molecule has 0 radical (unpaired) electrons. The Morgan fingerprint density at radius 1 is 1.47 bits per heavy atom. The van der Waals surface area contributed by atoms with Gasteiger partial charge in [0.05, 0.1) is 10.6 Å². The third-order valence-corrected chi connectivity index (χ3v) is 4.90.